The number of halogens is 5. The average molecular weight is 1740 g/mol. The van der Waals surface area contributed by atoms with Crippen molar-refractivity contribution in [2.24, 2.45) is 0 Å². The van der Waals surface area contributed by atoms with Gasteiger partial charge in [-0.15, -0.1) is 77.1 Å². The minimum Gasteiger partial charge on any atom is -0.494 e. The maximum atomic E-state index is 14.0. The van der Waals surface area contributed by atoms with Crippen LogP contribution in [-0.2, 0) is 67.5 Å². The van der Waals surface area contributed by atoms with E-state index >= 15 is 0 Å². The molecule has 39 heteroatoms. The lowest BCUT2D eigenvalue weighted by atomic mass is 9.79. The fourth-order valence-corrected chi connectivity index (χ4v) is 23.7. The Morgan fingerprint density at radius 2 is 0.886 bits per heavy atom. The summed E-state index contributed by atoms with van der Waals surface area (Å²) < 4.78 is 53.4. The number of thiophene rings is 4. The second-order valence-corrected chi connectivity index (χ2v) is 39.4. The summed E-state index contributed by atoms with van der Waals surface area (Å²) in [5.41, 5.74) is 6.53. The van der Waals surface area contributed by atoms with Gasteiger partial charge in [0.05, 0.1) is 173 Å². The molecule has 17 atom stereocenters. The maximum Gasteiger partial charge on any atom is 0.165 e. The largest absolute Gasteiger partial charge is 0.494 e. The first-order valence-corrected chi connectivity index (χ1v) is 43.4. The first-order chi connectivity index (χ1) is 54.4. The Kier molecular flexibility index (Phi) is 25.2. The molecular weight excluding hydrogens is 1650 g/mol. The smallest absolute Gasteiger partial charge is 0.165 e. The van der Waals surface area contributed by atoms with Crippen LogP contribution in [-0.4, -0.2) is 177 Å². The number of piperidine rings is 4. The van der Waals surface area contributed by atoms with Gasteiger partial charge in [-0.3, -0.25) is 4.98 Å². The van der Waals surface area contributed by atoms with Crippen molar-refractivity contribution in [1.82, 2.24) is 86.2 Å². The first-order valence-electron chi connectivity index (χ1n) is 37.8. The summed E-state index contributed by atoms with van der Waals surface area (Å²) in [4.78, 5) is 9.31. The number of aliphatic hydroxyl groups is 7. The van der Waals surface area contributed by atoms with Crippen LogP contribution in [0.3, 0.4) is 0 Å². The van der Waals surface area contributed by atoms with Gasteiger partial charge in [0.1, 0.15) is 46.8 Å². The van der Waals surface area contributed by atoms with Crippen LogP contribution >= 0.6 is 103 Å². The molecule has 29 nitrogen and oxygen atoms in total. The summed E-state index contributed by atoms with van der Waals surface area (Å²) in [6.45, 7) is 14.3. The highest BCUT2D eigenvalue weighted by atomic mass is 35.5. The van der Waals surface area contributed by atoms with E-state index in [1.165, 1.54) is 63.2 Å². The molecule has 10 aromatic rings. The van der Waals surface area contributed by atoms with E-state index in [1.807, 2.05) is 65.3 Å². The lowest BCUT2D eigenvalue weighted by molar-refractivity contribution is -0.129. The second kappa shape index (κ2) is 34.3. The van der Waals surface area contributed by atoms with Gasteiger partial charge in [0.15, 0.2) is 11.6 Å². The van der Waals surface area contributed by atoms with Crippen LogP contribution in [0.5, 0.6) is 5.75 Å². The number of fused-ring (bicyclic) bond motifs is 8. The van der Waals surface area contributed by atoms with Crippen molar-refractivity contribution in [1.29, 1.82) is 0 Å². The molecule has 8 aliphatic heterocycles. The standard InChI is InChI=1S/C22H24ClFN4O3S.C18H20ClN5O2S2.C18H25ClN4O3S.C17H23ClN4O4S/c1-12-7-22(21-14(6-20(23)32-21)18(29)11-31-22)8-16(25-12)17-10-28(27-26-17)9-13-3-4-19(30-2)15(24)5-13;1-10-3-18(17-12(2-16(19)28-17)15(25)8-26-18)4-13(21-10)14-7-24(23-22-14)6-11-5-20-9-27-11;1-10-5-18(16-11(4-15(19)27-16)14(24)8-26-18)6-12(20-10)13-7-23(22-21-13)9-17(2,3)25;1-9-3-17(16-11(2-15(18)27-16)14(25)8-26-17)4-12(19-9)13-6-22(21-20-13)5-10(24)7-23/h3-6,10,12,16,18,25,29H,7-9,11H2,1-2H3;2,5,7,9-10,13,15,21,25H,3-4,6,8H2,1H3;4,7,10,12,14,20,24-25H,5-6,8-9H2,1-3H3;2,6,9-10,12,14,19,23-25H,3-5,7-8H2,1H3/t12-,16-,18+,22-;10-,13-,15+,18-;10-,12-,14+,18-;9-,10+,12-,14+,17-/m0000/s1. The molecule has 0 aliphatic carbocycles. The molecule has 0 bridgehead atoms. The maximum absolute atomic E-state index is 14.0. The minimum absolute atomic E-state index is 0.0166. The van der Waals surface area contributed by atoms with Crippen molar-refractivity contribution >= 4 is 103 Å². The molecule has 4 fully saturated rings. The topological polar surface area (TPSA) is 372 Å². The van der Waals surface area contributed by atoms with Crippen molar-refractivity contribution in [3.8, 4) is 5.75 Å². The van der Waals surface area contributed by atoms with Crippen LogP contribution in [0, 0.1) is 5.82 Å². The van der Waals surface area contributed by atoms with E-state index in [1.54, 1.807) is 46.8 Å². The number of nitrogens with zero attached hydrogens (tertiary/aromatic N) is 13. The number of hydrogen-bond donors (Lipinski definition) is 11. The highest BCUT2D eigenvalue weighted by Gasteiger charge is 2.53. The number of ether oxygens (including phenoxy) is 5. The molecule has 17 heterocycles. The molecule has 4 saturated heterocycles. The summed E-state index contributed by atoms with van der Waals surface area (Å²) in [6.07, 6.45) is 11.9. The van der Waals surface area contributed by atoms with Gasteiger partial charge >= 0.3 is 0 Å². The summed E-state index contributed by atoms with van der Waals surface area (Å²) in [5, 5.41) is 118. The minimum atomic E-state index is -0.872. The molecule has 614 valence electrons. The van der Waals surface area contributed by atoms with Crippen LogP contribution in [0.15, 0.2) is 79.0 Å². The highest BCUT2D eigenvalue weighted by Crippen LogP contribution is 2.57. The number of aromatic nitrogens is 13. The SMILES string of the molecule is COc1ccc(Cn2cc([C@@H]3C[C@]4(C[C@H](C)N3)OC[C@@H](O)c3cc(Cl)sc34)nn2)cc1F.C[C@H]1C[C@@]2(C[C@@H](c3cn(CC(C)(C)O)nn3)N1)OC[C@@H](O)c1cc(Cl)sc12.C[C@H]1C[C@@]2(C[C@@H](c3cn(C[C@@H](O)CO)nn3)N1)OC[C@@H](O)c1cc(Cl)sc12.C[C@H]1C[C@@]2(C[C@@H](c3cn(Cc4cncs4)nn3)N1)OC[C@@H](O)c1cc(Cl)sc12. The van der Waals surface area contributed by atoms with Gasteiger partial charge in [0, 0.05) is 103 Å². The van der Waals surface area contributed by atoms with Crippen LogP contribution < -0.4 is 26.0 Å². The van der Waals surface area contributed by atoms with Gasteiger partial charge in [-0.25, -0.2) is 23.1 Å². The van der Waals surface area contributed by atoms with E-state index < -0.39 is 64.3 Å². The van der Waals surface area contributed by atoms with E-state index in [0.717, 1.165) is 107 Å². The quantitative estimate of drug-likeness (QED) is 0.0482. The Morgan fingerprint density at radius 3 is 1.23 bits per heavy atom. The van der Waals surface area contributed by atoms with Gasteiger partial charge in [-0.05, 0) is 109 Å². The fraction of sp³-hybridized carbons (Fsp3) is 0.560. The third kappa shape index (κ3) is 18.2. The van der Waals surface area contributed by atoms with Crippen molar-refractivity contribution in [2.75, 3.05) is 40.1 Å². The zero-order valence-electron chi connectivity index (χ0n) is 63.4. The molecule has 0 amide bonds. The van der Waals surface area contributed by atoms with Crippen LogP contribution in [0.4, 0.5) is 4.39 Å². The van der Waals surface area contributed by atoms with E-state index in [9.17, 15) is 35.0 Å². The molecular formula is C75H92Cl4FN17O12S5. The van der Waals surface area contributed by atoms with Crippen LogP contribution in [0.25, 0.3) is 0 Å². The third-order valence-electron chi connectivity index (χ3n) is 21.9. The van der Waals surface area contributed by atoms with E-state index in [-0.39, 0.29) is 93.7 Å². The van der Waals surface area contributed by atoms with Gasteiger partial charge in [0.25, 0.3) is 0 Å². The monoisotopic (exact) mass is 1740 g/mol. The number of nitrogens with one attached hydrogen (secondary N) is 4. The number of methoxy groups -OCH3 is 1. The normalized spacial score (nSPS) is 30.0. The fourth-order valence-electron chi connectivity index (χ4n) is 17.3. The van der Waals surface area contributed by atoms with Crippen molar-refractivity contribution in [3.05, 3.63) is 177 Å². The molecule has 0 unspecified atom stereocenters. The molecule has 8 aliphatic rings. The van der Waals surface area contributed by atoms with E-state index in [2.05, 4.69) is 95.2 Å². The van der Waals surface area contributed by atoms with Gasteiger partial charge in [-0.2, -0.15) is 0 Å². The Morgan fingerprint density at radius 1 is 0.535 bits per heavy atom. The molecule has 18 rings (SSSR count). The zero-order chi connectivity index (χ0) is 80.3. The third-order valence-corrected chi connectivity index (χ3v) is 28.5. The van der Waals surface area contributed by atoms with Crippen LogP contribution in [0.1, 0.15) is 216 Å². The first kappa shape index (κ1) is 83.6. The Bertz CT molecular complexity index is 4960. The second-order valence-electron chi connectivity index (χ2n) is 31.7. The van der Waals surface area contributed by atoms with Crippen molar-refractivity contribution < 1.29 is 63.8 Å². The number of aliphatic hydroxyl groups excluding tert-OH is 6. The number of thiazole rings is 1. The Labute approximate surface area is 697 Å². The summed E-state index contributed by atoms with van der Waals surface area (Å²) in [5.74, 6) is -0.193. The molecule has 1 aromatic carbocycles. The summed E-state index contributed by atoms with van der Waals surface area (Å²) in [7, 11) is 1.44. The zero-order valence-corrected chi connectivity index (χ0v) is 70.6. The summed E-state index contributed by atoms with van der Waals surface area (Å²) >= 11 is 32.6. The molecule has 0 saturated carbocycles. The molecule has 9 aromatic heterocycles. The van der Waals surface area contributed by atoms with Gasteiger partial charge in [0.2, 0.25) is 0 Å². The molecule has 11 N–H and O–H groups in total. The Hall–Kier alpha value is -5.50. The number of hydrogen-bond acceptors (Lipinski definition) is 30. The highest BCUT2D eigenvalue weighted by molar-refractivity contribution is 7.17. The van der Waals surface area contributed by atoms with Gasteiger partial charge in [-0.1, -0.05) is 73.3 Å². The van der Waals surface area contributed by atoms with Gasteiger partial charge < -0.3 is 80.7 Å². The Balaban J connectivity index is 0.000000120. The average Bonchev–Trinajstić information content (AvgIpc) is 1.66. The number of benzene rings is 1. The summed E-state index contributed by atoms with van der Waals surface area (Å²) in [6, 6.07) is 12.9. The van der Waals surface area contributed by atoms with Crippen LogP contribution in [0.2, 0.25) is 17.3 Å². The predicted octanol–water partition coefficient (Wildman–Crippen LogP) is 10.9. The lowest BCUT2D eigenvalue weighted by Gasteiger charge is -2.46. The lowest BCUT2D eigenvalue weighted by Crippen LogP contribution is -2.50. The molecule has 0 radical (unpaired) electrons. The van der Waals surface area contributed by atoms with Crippen molar-refractivity contribution in [3.63, 3.8) is 0 Å². The molecule has 114 heavy (non-hydrogen) atoms. The molecule has 4 spiro atoms. The van der Waals surface area contributed by atoms with Crippen molar-refractivity contribution in [2.45, 2.75) is 226 Å². The number of rotatable bonds is 14. The van der Waals surface area contributed by atoms with E-state index in [4.69, 9.17) is 75.2 Å². The predicted molar refractivity (Wildman–Crippen MR) is 429 cm³/mol. The van der Waals surface area contributed by atoms with E-state index in [0.29, 0.717) is 56.2 Å².